The highest BCUT2D eigenvalue weighted by Gasteiger charge is 2.38. The van der Waals surface area contributed by atoms with Gasteiger partial charge in [-0.25, -0.2) is 0 Å². The Morgan fingerprint density at radius 2 is 2.13 bits per heavy atom. The summed E-state index contributed by atoms with van der Waals surface area (Å²) in [5, 5.41) is 10.0. The summed E-state index contributed by atoms with van der Waals surface area (Å²) in [5.74, 6) is -0.393. The number of hydrogen-bond acceptors (Lipinski definition) is 2. The van der Waals surface area contributed by atoms with Crippen molar-refractivity contribution in [2.45, 2.75) is 12.6 Å². The first-order valence-corrected chi connectivity index (χ1v) is 4.22. The fourth-order valence-corrected chi connectivity index (χ4v) is 1.32. The Morgan fingerprint density at radius 3 is 2.53 bits per heavy atom. The van der Waals surface area contributed by atoms with Gasteiger partial charge in [-0.15, -0.1) is 0 Å². The second kappa shape index (κ2) is 3.73. The van der Waals surface area contributed by atoms with E-state index >= 15 is 0 Å². The van der Waals surface area contributed by atoms with Crippen molar-refractivity contribution in [2.75, 3.05) is 0 Å². The van der Waals surface area contributed by atoms with E-state index in [2.05, 4.69) is 5.10 Å². The molecule has 0 saturated heterocycles. The average Bonchev–Trinajstić information content (AvgIpc) is 2.30. The quantitative estimate of drug-likeness (QED) is 0.609. The number of rotatable bonds is 2. The number of halogens is 4. The molecule has 0 amide bonds. The topological polar surface area (TPSA) is 67.7 Å². The molecule has 0 aliphatic carbocycles. The van der Waals surface area contributed by atoms with E-state index in [0.717, 1.165) is 4.68 Å². The summed E-state index contributed by atoms with van der Waals surface area (Å²) in [4.78, 5) is 0. The van der Waals surface area contributed by atoms with E-state index in [1.807, 2.05) is 0 Å². The molecule has 1 aromatic rings. The molecule has 1 heterocycles. The highest BCUT2D eigenvalue weighted by atomic mass is 35.5. The minimum Gasteiger partial charge on any atom is -0.387 e. The molecule has 84 valence electrons. The van der Waals surface area contributed by atoms with Crippen LogP contribution in [0.3, 0.4) is 0 Å². The van der Waals surface area contributed by atoms with Gasteiger partial charge in [-0.2, -0.15) is 18.3 Å². The Hall–Kier alpha value is -1.24. The van der Waals surface area contributed by atoms with Gasteiger partial charge >= 0.3 is 6.18 Å². The molecule has 0 aliphatic rings. The molecule has 1 aromatic heterocycles. The highest BCUT2D eigenvalue weighted by Crippen LogP contribution is 2.34. The van der Waals surface area contributed by atoms with Crippen LogP contribution in [0.2, 0.25) is 5.15 Å². The summed E-state index contributed by atoms with van der Waals surface area (Å²) in [6.07, 6.45) is -4.95. The van der Waals surface area contributed by atoms with Crippen molar-refractivity contribution >= 4 is 17.4 Å². The summed E-state index contributed by atoms with van der Waals surface area (Å²) in [7, 11) is 1.29. The maximum Gasteiger partial charge on any atom is 0.435 e. The number of nitrogens with two attached hydrogens (primary N) is 1. The Labute approximate surface area is 88.3 Å². The fourth-order valence-electron chi connectivity index (χ4n) is 1.12. The lowest BCUT2D eigenvalue weighted by Crippen LogP contribution is -2.16. The minimum absolute atomic E-state index is 0.155. The molecular formula is C7H8ClF3N4. The molecule has 0 atom stereocenters. The third-order valence-electron chi connectivity index (χ3n) is 1.70. The lowest BCUT2D eigenvalue weighted by Gasteiger charge is -2.05. The lowest BCUT2D eigenvalue weighted by molar-refractivity contribution is -0.141. The molecule has 4 nitrogen and oxygen atoms in total. The van der Waals surface area contributed by atoms with Crippen molar-refractivity contribution in [3.63, 3.8) is 0 Å². The molecule has 8 heteroatoms. The van der Waals surface area contributed by atoms with Gasteiger partial charge in [0.25, 0.3) is 0 Å². The fraction of sp³-hybridized carbons (Fsp3) is 0.429. The number of amidine groups is 1. The maximum absolute atomic E-state index is 12.4. The maximum atomic E-state index is 12.4. The zero-order valence-electron chi connectivity index (χ0n) is 7.69. The predicted octanol–water partition coefficient (Wildman–Crippen LogP) is 1.57. The number of aryl methyl sites for hydroxylation is 1. The highest BCUT2D eigenvalue weighted by molar-refractivity contribution is 6.30. The molecule has 0 aliphatic heterocycles. The molecule has 0 unspecified atom stereocenters. The molecule has 0 spiro atoms. The summed E-state index contributed by atoms with van der Waals surface area (Å²) in [5.41, 5.74) is 3.68. The van der Waals surface area contributed by atoms with Gasteiger partial charge < -0.3 is 5.73 Å². The number of alkyl halides is 3. The van der Waals surface area contributed by atoms with Gasteiger partial charge in [0.05, 0.1) is 5.84 Å². The van der Waals surface area contributed by atoms with Gasteiger partial charge in [-0.3, -0.25) is 10.1 Å². The second-order valence-electron chi connectivity index (χ2n) is 2.94. The molecule has 0 saturated carbocycles. The van der Waals surface area contributed by atoms with Crippen molar-refractivity contribution in [1.82, 2.24) is 9.78 Å². The summed E-state index contributed by atoms with van der Waals surface area (Å²) in [6.45, 7) is 0. The van der Waals surface area contributed by atoms with Crippen LogP contribution in [-0.2, 0) is 19.6 Å². The van der Waals surface area contributed by atoms with E-state index in [4.69, 9.17) is 22.7 Å². The van der Waals surface area contributed by atoms with Crippen LogP contribution in [0.1, 0.15) is 11.3 Å². The first kappa shape index (κ1) is 11.8. The van der Waals surface area contributed by atoms with Crippen LogP contribution in [0.15, 0.2) is 0 Å². The Morgan fingerprint density at radius 1 is 1.60 bits per heavy atom. The molecule has 0 radical (unpaired) electrons. The summed E-state index contributed by atoms with van der Waals surface area (Å²) < 4.78 is 38.2. The lowest BCUT2D eigenvalue weighted by atomic mass is 10.1. The van der Waals surface area contributed by atoms with E-state index in [-0.39, 0.29) is 17.1 Å². The third-order valence-corrected chi connectivity index (χ3v) is 2.18. The van der Waals surface area contributed by atoms with Crippen LogP contribution in [0.5, 0.6) is 0 Å². The molecule has 0 aromatic carbocycles. The molecule has 3 N–H and O–H groups in total. The second-order valence-corrected chi connectivity index (χ2v) is 3.30. The van der Waals surface area contributed by atoms with E-state index in [0.29, 0.717) is 0 Å². The van der Waals surface area contributed by atoms with Crippen molar-refractivity contribution in [2.24, 2.45) is 12.8 Å². The first-order valence-electron chi connectivity index (χ1n) is 3.85. The van der Waals surface area contributed by atoms with E-state index in [9.17, 15) is 13.2 Å². The largest absolute Gasteiger partial charge is 0.435 e. The van der Waals surface area contributed by atoms with Crippen LogP contribution in [-0.4, -0.2) is 15.6 Å². The smallest absolute Gasteiger partial charge is 0.387 e. The average molecular weight is 241 g/mol. The van der Waals surface area contributed by atoms with Crippen LogP contribution >= 0.6 is 11.6 Å². The van der Waals surface area contributed by atoms with Crippen molar-refractivity contribution in [3.05, 3.63) is 16.4 Å². The standard InChI is InChI=1S/C7H8ClF3N4/c1-15-6(8)3(2-4(12)13)5(14-15)7(9,10)11/h2H2,1H3,(H3,12,13). The Bertz CT molecular complexity index is 396. The summed E-state index contributed by atoms with van der Waals surface area (Å²) in [6, 6.07) is 0. The van der Waals surface area contributed by atoms with Crippen molar-refractivity contribution in [3.8, 4) is 0 Å². The molecular weight excluding hydrogens is 233 g/mol. The van der Waals surface area contributed by atoms with Crippen molar-refractivity contribution < 1.29 is 13.2 Å². The van der Waals surface area contributed by atoms with Gasteiger partial charge in [0, 0.05) is 19.0 Å². The number of nitrogens with one attached hydrogen (secondary N) is 1. The zero-order chi connectivity index (χ0) is 11.8. The molecule has 0 fully saturated rings. The van der Waals surface area contributed by atoms with Crippen LogP contribution in [0.25, 0.3) is 0 Å². The van der Waals surface area contributed by atoms with E-state index in [1.54, 1.807) is 0 Å². The van der Waals surface area contributed by atoms with Gasteiger partial charge in [0.15, 0.2) is 5.69 Å². The van der Waals surface area contributed by atoms with E-state index in [1.165, 1.54) is 7.05 Å². The number of nitrogens with zero attached hydrogens (tertiary/aromatic N) is 2. The minimum atomic E-state index is -4.59. The third kappa shape index (κ3) is 2.41. The predicted molar refractivity (Wildman–Crippen MR) is 48.8 cm³/mol. The Kier molecular flexibility index (Phi) is 2.94. The van der Waals surface area contributed by atoms with Gasteiger partial charge in [0.2, 0.25) is 0 Å². The Balaban J connectivity index is 3.27. The molecule has 0 bridgehead atoms. The van der Waals surface area contributed by atoms with Crippen LogP contribution in [0, 0.1) is 5.41 Å². The number of hydrogen-bond donors (Lipinski definition) is 2. The molecule has 1 rings (SSSR count). The van der Waals surface area contributed by atoms with Crippen LogP contribution < -0.4 is 5.73 Å². The normalized spacial score (nSPS) is 11.8. The molecule has 15 heavy (non-hydrogen) atoms. The zero-order valence-corrected chi connectivity index (χ0v) is 8.45. The SMILES string of the molecule is Cn1nc(C(F)(F)F)c(CC(=N)N)c1Cl. The summed E-state index contributed by atoms with van der Waals surface area (Å²) >= 11 is 5.61. The van der Waals surface area contributed by atoms with Crippen molar-refractivity contribution in [1.29, 1.82) is 5.41 Å². The van der Waals surface area contributed by atoms with Crippen LogP contribution in [0.4, 0.5) is 13.2 Å². The number of aromatic nitrogens is 2. The first-order chi connectivity index (χ1) is 6.73. The van der Waals surface area contributed by atoms with Gasteiger partial charge in [-0.1, -0.05) is 11.6 Å². The monoisotopic (exact) mass is 240 g/mol. The van der Waals surface area contributed by atoms with E-state index < -0.39 is 17.7 Å². The van der Waals surface area contributed by atoms with Gasteiger partial charge in [-0.05, 0) is 0 Å². The van der Waals surface area contributed by atoms with Gasteiger partial charge in [0.1, 0.15) is 5.15 Å².